The molecule has 1 saturated carbocycles. The van der Waals surface area contributed by atoms with Crippen molar-refractivity contribution in [3.8, 4) is 0 Å². The van der Waals surface area contributed by atoms with Crippen molar-refractivity contribution in [3.05, 3.63) is 0 Å². The third kappa shape index (κ3) is 1.94. The van der Waals surface area contributed by atoms with Gasteiger partial charge in [0.05, 0.1) is 12.2 Å². The first-order chi connectivity index (χ1) is 7.33. The lowest BCUT2D eigenvalue weighted by atomic mass is 9.84. The van der Waals surface area contributed by atoms with Crippen LogP contribution < -0.4 is 5.32 Å². The summed E-state index contributed by atoms with van der Waals surface area (Å²) in [7, 11) is 0. The molecular formula is C13H23NO. The number of rotatable bonds is 2. The normalized spacial score (nSPS) is 49.8. The van der Waals surface area contributed by atoms with Gasteiger partial charge < -0.3 is 10.1 Å². The maximum atomic E-state index is 5.90. The van der Waals surface area contributed by atoms with Crippen molar-refractivity contribution < 1.29 is 4.74 Å². The Labute approximate surface area is 92.8 Å². The van der Waals surface area contributed by atoms with Gasteiger partial charge in [-0.05, 0) is 38.0 Å². The molecule has 3 rings (SSSR count). The molecule has 1 N–H and O–H groups in total. The second kappa shape index (κ2) is 4.06. The highest BCUT2D eigenvalue weighted by Gasteiger charge is 2.41. The van der Waals surface area contributed by atoms with Gasteiger partial charge in [-0.15, -0.1) is 0 Å². The van der Waals surface area contributed by atoms with Gasteiger partial charge in [0.1, 0.15) is 0 Å². The largest absolute Gasteiger partial charge is 0.373 e. The van der Waals surface area contributed by atoms with E-state index in [4.69, 9.17) is 4.74 Å². The molecule has 86 valence electrons. The van der Waals surface area contributed by atoms with Gasteiger partial charge >= 0.3 is 0 Å². The molecule has 1 aliphatic carbocycles. The third-order valence-corrected chi connectivity index (χ3v) is 4.65. The summed E-state index contributed by atoms with van der Waals surface area (Å²) in [6.45, 7) is 2.41. The molecule has 2 nitrogen and oxygen atoms in total. The van der Waals surface area contributed by atoms with Crippen molar-refractivity contribution in [1.82, 2.24) is 5.32 Å². The molecule has 2 saturated heterocycles. The second-order valence-corrected chi connectivity index (χ2v) is 5.75. The molecule has 15 heavy (non-hydrogen) atoms. The third-order valence-electron chi connectivity index (χ3n) is 4.65. The molecule has 0 aromatic carbocycles. The van der Waals surface area contributed by atoms with Crippen LogP contribution in [0.25, 0.3) is 0 Å². The van der Waals surface area contributed by atoms with Gasteiger partial charge in [-0.1, -0.05) is 19.8 Å². The highest BCUT2D eigenvalue weighted by atomic mass is 16.5. The fourth-order valence-electron chi connectivity index (χ4n) is 3.65. The molecule has 2 bridgehead atoms. The Morgan fingerprint density at radius 1 is 1.00 bits per heavy atom. The average molecular weight is 209 g/mol. The van der Waals surface area contributed by atoms with Crippen LogP contribution in [0.1, 0.15) is 51.9 Å². The lowest BCUT2D eigenvalue weighted by Gasteiger charge is -2.34. The van der Waals surface area contributed by atoms with Gasteiger partial charge in [0.2, 0.25) is 0 Å². The zero-order chi connectivity index (χ0) is 10.3. The quantitative estimate of drug-likeness (QED) is 0.754. The van der Waals surface area contributed by atoms with E-state index in [0.29, 0.717) is 18.2 Å². The van der Waals surface area contributed by atoms with E-state index < -0.39 is 0 Å². The SMILES string of the molecule is CC1CCCCC1NC1CC2CCC1O2. The second-order valence-electron chi connectivity index (χ2n) is 5.75. The van der Waals surface area contributed by atoms with E-state index in [2.05, 4.69) is 12.2 Å². The fraction of sp³-hybridized carbons (Fsp3) is 1.00. The topological polar surface area (TPSA) is 21.3 Å². The number of ether oxygens (including phenoxy) is 1. The van der Waals surface area contributed by atoms with Gasteiger partial charge in [-0.3, -0.25) is 0 Å². The van der Waals surface area contributed by atoms with Gasteiger partial charge in [0, 0.05) is 12.1 Å². The first-order valence-corrected chi connectivity index (χ1v) is 6.74. The van der Waals surface area contributed by atoms with Crippen molar-refractivity contribution in [2.24, 2.45) is 5.92 Å². The Hall–Kier alpha value is -0.0800. The molecule has 0 radical (unpaired) electrons. The minimum absolute atomic E-state index is 0.545. The molecule has 2 aliphatic heterocycles. The van der Waals surface area contributed by atoms with Gasteiger partial charge in [0.15, 0.2) is 0 Å². The molecule has 0 aromatic heterocycles. The molecule has 0 amide bonds. The van der Waals surface area contributed by atoms with Crippen LogP contribution in [0.3, 0.4) is 0 Å². The Bertz CT molecular complexity index is 231. The van der Waals surface area contributed by atoms with Crippen molar-refractivity contribution in [3.63, 3.8) is 0 Å². The summed E-state index contributed by atoms with van der Waals surface area (Å²) in [5, 5.41) is 3.87. The van der Waals surface area contributed by atoms with Crippen molar-refractivity contribution >= 4 is 0 Å². The molecular weight excluding hydrogens is 186 g/mol. The lowest BCUT2D eigenvalue weighted by molar-refractivity contribution is 0.0934. The maximum Gasteiger partial charge on any atom is 0.0733 e. The van der Waals surface area contributed by atoms with E-state index in [9.17, 15) is 0 Å². The Morgan fingerprint density at radius 3 is 2.53 bits per heavy atom. The van der Waals surface area contributed by atoms with Crippen LogP contribution in [0.2, 0.25) is 0 Å². The summed E-state index contributed by atoms with van der Waals surface area (Å²) < 4.78 is 5.90. The van der Waals surface area contributed by atoms with Crippen LogP contribution in [0.4, 0.5) is 0 Å². The van der Waals surface area contributed by atoms with Crippen LogP contribution in [0.15, 0.2) is 0 Å². The van der Waals surface area contributed by atoms with Crippen LogP contribution in [-0.4, -0.2) is 24.3 Å². The zero-order valence-corrected chi connectivity index (χ0v) is 9.74. The summed E-state index contributed by atoms with van der Waals surface area (Å²) in [6.07, 6.45) is 10.7. The molecule has 3 fully saturated rings. The summed E-state index contributed by atoms with van der Waals surface area (Å²) in [5.41, 5.74) is 0. The standard InChI is InChI=1S/C13H23NO/c1-9-4-2-3-5-11(9)14-12-8-10-6-7-13(12)15-10/h9-14H,2-8H2,1H3. The van der Waals surface area contributed by atoms with Crippen molar-refractivity contribution in [1.29, 1.82) is 0 Å². The monoisotopic (exact) mass is 209 g/mol. The highest BCUT2D eigenvalue weighted by Crippen LogP contribution is 2.35. The molecule has 2 heteroatoms. The first-order valence-electron chi connectivity index (χ1n) is 6.74. The molecule has 2 heterocycles. The van der Waals surface area contributed by atoms with E-state index >= 15 is 0 Å². The van der Waals surface area contributed by atoms with Crippen LogP contribution in [-0.2, 0) is 4.74 Å². The summed E-state index contributed by atoms with van der Waals surface area (Å²) in [5.74, 6) is 0.873. The van der Waals surface area contributed by atoms with Crippen molar-refractivity contribution in [2.45, 2.75) is 76.2 Å². The average Bonchev–Trinajstić information content (AvgIpc) is 2.83. The summed E-state index contributed by atoms with van der Waals surface area (Å²) in [4.78, 5) is 0. The maximum absolute atomic E-state index is 5.90. The molecule has 0 spiro atoms. The minimum atomic E-state index is 0.545. The van der Waals surface area contributed by atoms with E-state index in [1.165, 1.54) is 44.9 Å². The summed E-state index contributed by atoms with van der Waals surface area (Å²) >= 11 is 0. The Kier molecular flexibility index (Phi) is 2.73. The summed E-state index contributed by atoms with van der Waals surface area (Å²) in [6, 6.07) is 1.45. The zero-order valence-electron chi connectivity index (χ0n) is 9.74. The van der Waals surface area contributed by atoms with E-state index in [0.717, 1.165) is 12.0 Å². The van der Waals surface area contributed by atoms with Crippen LogP contribution in [0.5, 0.6) is 0 Å². The van der Waals surface area contributed by atoms with Crippen LogP contribution >= 0.6 is 0 Å². The molecule has 5 unspecified atom stereocenters. The van der Waals surface area contributed by atoms with E-state index in [-0.39, 0.29) is 0 Å². The minimum Gasteiger partial charge on any atom is -0.373 e. The Balaban J connectivity index is 1.56. The highest BCUT2D eigenvalue weighted by molar-refractivity contribution is 4.96. The number of fused-ring (bicyclic) bond motifs is 2. The Morgan fingerprint density at radius 2 is 1.87 bits per heavy atom. The van der Waals surface area contributed by atoms with Crippen LogP contribution in [0, 0.1) is 5.92 Å². The molecule has 0 aromatic rings. The predicted molar refractivity (Wildman–Crippen MR) is 60.9 cm³/mol. The first kappa shape index (κ1) is 10.1. The smallest absolute Gasteiger partial charge is 0.0733 e. The number of nitrogens with one attached hydrogen (secondary N) is 1. The predicted octanol–water partition coefficient (Wildman–Crippen LogP) is 2.47. The lowest BCUT2D eigenvalue weighted by Crippen LogP contribution is -2.47. The molecule has 3 aliphatic rings. The number of hydrogen-bond donors (Lipinski definition) is 1. The van der Waals surface area contributed by atoms with Gasteiger partial charge in [-0.25, -0.2) is 0 Å². The molecule has 5 atom stereocenters. The van der Waals surface area contributed by atoms with Gasteiger partial charge in [0.25, 0.3) is 0 Å². The van der Waals surface area contributed by atoms with Crippen molar-refractivity contribution in [2.75, 3.05) is 0 Å². The number of hydrogen-bond acceptors (Lipinski definition) is 2. The fourth-order valence-corrected chi connectivity index (χ4v) is 3.65. The van der Waals surface area contributed by atoms with Gasteiger partial charge in [-0.2, -0.15) is 0 Å². The van der Waals surface area contributed by atoms with E-state index in [1.54, 1.807) is 0 Å². The van der Waals surface area contributed by atoms with E-state index in [1.807, 2.05) is 0 Å².